The first-order valence-electron chi connectivity index (χ1n) is 5.11. The molecule has 7 heteroatoms. The van der Waals surface area contributed by atoms with Crippen molar-refractivity contribution in [1.82, 2.24) is 9.55 Å². The molecule has 0 fully saturated rings. The molecule has 0 N–H and O–H groups in total. The lowest BCUT2D eigenvalue weighted by atomic mass is 10.2. The van der Waals surface area contributed by atoms with Crippen molar-refractivity contribution in [2.24, 2.45) is 0 Å². The number of nitriles is 1. The largest absolute Gasteiger partial charge is 0.336 e. The fraction of sp³-hybridized carbons (Fsp3) is 0.0833. The topological polar surface area (TPSA) is 102 Å². The lowest BCUT2D eigenvalue weighted by molar-refractivity contribution is -0.386. The van der Waals surface area contributed by atoms with E-state index in [1.54, 1.807) is 0 Å². The minimum absolute atomic E-state index is 0.104. The van der Waals surface area contributed by atoms with E-state index < -0.39 is 16.2 Å². The van der Waals surface area contributed by atoms with Crippen LogP contribution in [0.15, 0.2) is 23.0 Å². The number of hydrogen-bond acceptors (Lipinski definition) is 5. The maximum absolute atomic E-state index is 11.9. The number of rotatable bonds is 2. The van der Waals surface area contributed by atoms with E-state index in [0.717, 1.165) is 10.6 Å². The molecule has 0 aliphatic heterocycles. The lowest BCUT2D eigenvalue weighted by Gasteiger charge is -2.06. The van der Waals surface area contributed by atoms with E-state index in [1.807, 2.05) is 6.07 Å². The third-order valence-corrected chi connectivity index (χ3v) is 2.49. The first-order valence-corrected chi connectivity index (χ1v) is 5.11. The number of hydrogen-bond donors (Lipinski definition) is 0. The van der Waals surface area contributed by atoms with Gasteiger partial charge in [-0.25, -0.2) is 4.98 Å². The molecule has 2 aromatic rings. The fourth-order valence-corrected chi connectivity index (χ4v) is 1.68. The van der Waals surface area contributed by atoms with Crippen molar-refractivity contribution in [1.29, 1.82) is 5.26 Å². The van der Waals surface area contributed by atoms with Crippen molar-refractivity contribution in [3.8, 4) is 18.4 Å². The molecule has 2 heterocycles. The van der Waals surface area contributed by atoms with E-state index >= 15 is 0 Å². The second-order valence-corrected chi connectivity index (χ2v) is 3.59. The molecular formula is C12H6N4O3. The van der Waals surface area contributed by atoms with Gasteiger partial charge in [-0.3, -0.25) is 19.5 Å². The van der Waals surface area contributed by atoms with Crippen LogP contribution in [0.1, 0.15) is 5.69 Å². The van der Waals surface area contributed by atoms with Crippen molar-refractivity contribution in [3.05, 3.63) is 44.4 Å². The zero-order chi connectivity index (χ0) is 14.0. The maximum atomic E-state index is 11.9. The number of terminal acetylenes is 1. The van der Waals surface area contributed by atoms with E-state index in [-0.39, 0.29) is 17.8 Å². The van der Waals surface area contributed by atoms with Crippen LogP contribution in [-0.2, 0) is 6.54 Å². The normalized spacial score (nSPS) is 9.79. The molecular weight excluding hydrogens is 248 g/mol. The molecule has 0 spiro atoms. The summed E-state index contributed by atoms with van der Waals surface area (Å²) >= 11 is 0. The molecule has 0 aliphatic rings. The first kappa shape index (κ1) is 12.3. The molecule has 0 saturated heterocycles. The van der Waals surface area contributed by atoms with Crippen molar-refractivity contribution >= 4 is 16.7 Å². The average molecular weight is 254 g/mol. The van der Waals surface area contributed by atoms with Crippen molar-refractivity contribution in [2.45, 2.75) is 6.54 Å². The minimum Gasteiger partial charge on any atom is -0.289 e. The smallest absolute Gasteiger partial charge is 0.289 e. The molecule has 92 valence electrons. The van der Waals surface area contributed by atoms with Crippen molar-refractivity contribution in [2.75, 3.05) is 0 Å². The number of nitro groups is 1. The van der Waals surface area contributed by atoms with Crippen LogP contribution in [-0.4, -0.2) is 14.5 Å². The summed E-state index contributed by atoms with van der Waals surface area (Å²) in [4.78, 5) is 25.9. The highest BCUT2D eigenvalue weighted by Crippen LogP contribution is 2.16. The predicted octanol–water partition coefficient (Wildman–Crippen LogP) is 0.810. The first-order chi connectivity index (χ1) is 9.08. The van der Waals surface area contributed by atoms with Gasteiger partial charge in [0.25, 0.3) is 0 Å². The number of nitrogens with zero attached hydrogens (tertiary/aromatic N) is 4. The van der Waals surface area contributed by atoms with Gasteiger partial charge in [-0.1, -0.05) is 5.92 Å². The van der Waals surface area contributed by atoms with Crippen LogP contribution in [0.2, 0.25) is 0 Å². The summed E-state index contributed by atoms with van der Waals surface area (Å²) in [6.45, 7) is -0.107. The molecule has 0 aromatic carbocycles. The Morgan fingerprint density at radius 1 is 1.53 bits per heavy atom. The van der Waals surface area contributed by atoms with Gasteiger partial charge in [0.2, 0.25) is 0 Å². The zero-order valence-corrected chi connectivity index (χ0v) is 9.53. The Hall–Kier alpha value is -3.19. The van der Waals surface area contributed by atoms with Crippen LogP contribution in [0.5, 0.6) is 0 Å². The van der Waals surface area contributed by atoms with E-state index in [1.165, 1.54) is 12.1 Å². The fourth-order valence-electron chi connectivity index (χ4n) is 1.68. The molecule has 0 saturated carbocycles. The standard InChI is InChI=1S/C12H6N4O3/c1-2-5-15-10-4-3-8(7-13)14-9(10)6-11(12(15)17)16(18)19/h1,3-4,6H,5H2. The molecule has 0 unspecified atom stereocenters. The predicted molar refractivity (Wildman–Crippen MR) is 66.2 cm³/mol. The van der Waals surface area contributed by atoms with Gasteiger partial charge in [-0.2, -0.15) is 5.26 Å². The Kier molecular flexibility index (Phi) is 2.96. The summed E-state index contributed by atoms with van der Waals surface area (Å²) in [5, 5.41) is 19.6. The van der Waals surface area contributed by atoms with Gasteiger partial charge < -0.3 is 0 Å². The van der Waals surface area contributed by atoms with Crippen molar-refractivity contribution in [3.63, 3.8) is 0 Å². The molecule has 19 heavy (non-hydrogen) atoms. The van der Waals surface area contributed by atoms with Gasteiger partial charge in [0.15, 0.2) is 0 Å². The molecule has 0 bridgehead atoms. The highest BCUT2D eigenvalue weighted by Gasteiger charge is 2.18. The van der Waals surface area contributed by atoms with Gasteiger partial charge in [-0.15, -0.1) is 6.42 Å². The zero-order valence-electron chi connectivity index (χ0n) is 9.53. The Morgan fingerprint density at radius 2 is 2.26 bits per heavy atom. The third-order valence-electron chi connectivity index (χ3n) is 2.49. The minimum atomic E-state index is -0.796. The van der Waals surface area contributed by atoms with Gasteiger partial charge in [0.1, 0.15) is 11.8 Å². The summed E-state index contributed by atoms with van der Waals surface area (Å²) < 4.78 is 1.08. The molecule has 7 nitrogen and oxygen atoms in total. The number of fused-ring (bicyclic) bond motifs is 1. The summed E-state index contributed by atoms with van der Waals surface area (Å²) in [7, 11) is 0. The van der Waals surface area contributed by atoms with Crippen LogP contribution in [0.25, 0.3) is 11.0 Å². The second kappa shape index (κ2) is 4.59. The molecule has 2 rings (SSSR count). The van der Waals surface area contributed by atoms with E-state index in [4.69, 9.17) is 11.7 Å². The van der Waals surface area contributed by atoms with E-state index in [0.29, 0.717) is 5.52 Å². The maximum Gasteiger partial charge on any atom is 0.336 e. The molecule has 0 amide bonds. The Bertz CT molecular complexity index is 824. The molecule has 0 aliphatic carbocycles. The van der Waals surface area contributed by atoms with E-state index in [2.05, 4.69) is 10.9 Å². The Labute approximate surface area is 106 Å². The monoisotopic (exact) mass is 254 g/mol. The molecule has 0 radical (unpaired) electrons. The summed E-state index contributed by atoms with van der Waals surface area (Å²) in [5.41, 5.74) is -0.770. The Balaban J connectivity index is 2.93. The number of pyridine rings is 2. The van der Waals surface area contributed by atoms with Crippen LogP contribution in [0.4, 0.5) is 5.69 Å². The molecule has 0 atom stereocenters. The quantitative estimate of drug-likeness (QED) is 0.448. The summed E-state index contributed by atoms with van der Waals surface area (Å²) in [6, 6.07) is 5.78. The highest BCUT2D eigenvalue weighted by molar-refractivity contribution is 5.77. The second-order valence-electron chi connectivity index (χ2n) is 3.59. The van der Waals surface area contributed by atoms with Crippen molar-refractivity contribution < 1.29 is 4.92 Å². The van der Waals surface area contributed by atoms with Crippen LogP contribution in [0.3, 0.4) is 0 Å². The number of aromatic nitrogens is 2. The van der Waals surface area contributed by atoms with Gasteiger partial charge in [0.05, 0.1) is 22.5 Å². The summed E-state index contributed by atoms with van der Waals surface area (Å²) in [6.07, 6.45) is 5.15. The third kappa shape index (κ3) is 2.01. The SMILES string of the molecule is C#CCn1c(=O)c([N+](=O)[O-])cc2nc(C#N)ccc21. The Morgan fingerprint density at radius 3 is 2.84 bits per heavy atom. The molecule has 2 aromatic heterocycles. The average Bonchev–Trinajstić information content (AvgIpc) is 2.40. The van der Waals surface area contributed by atoms with Gasteiger partial charge >= 0.3 is 11.2 Å². The lowest BCUT2D eigenvalue weighted by Crippen LogP contribution is -2.23. The van der Waals surface area contributed by atoms with Gasteiger partial charge in [-0.05, 0) is 12.1 Å². The van der Waals surface area contributed by atoms with Crippen LogP contribution in [0, 0.1) is 33.8 Å². The summed E-state index contributed by atoms with van der Waals surface area (Å²) in [5.74, 6) is 2.26. The van der Waals surface area contributed by atoms with E-state index in [9.17, 15) is 14.9 Å². The van der Waals surface area contributed by atoms with Crippen LogP contribution >= 0.6 is 0 Å². The highest BCUT2D eigenvalue weighted by atomic mass is 16.6. The van der Waals surface area contributed by atoms with Gasteiger partial charge in [0, 0.05) is 6.07 Å². The van der Waals surface area contributed by atoms with Crippen LogP contribution < -0.4 is 5.56 Å².